The molecule has 11 heavy (non-hydrogen) atoms. The zero-order valence-corrected chi connectivity index (χ0v) is 8.63. The average Bonchev–Trinajstić information content (AvgIpc) is 2.34. The zero-order chi connectivity index (χ0) is 8.27. The van der Waals surface area contributed by atoms with Gasteiger partial charge in [-0.05, 0) is 19.3 Å². The first-order chi connectivity index (χ1) is 5.24. The van der Waals surface area contributed by atoms with Crippen LogP contribution in [0.2, 0.25) is 0 Å². The van der Waals surface area contributed by atoms with Crippen molar-refractivity contribution in [2.45, 2.75) is 31.4 Å². The molecule has 0 radical (unpaired) electrons. The lowest BCUT2D eigenvalue weighted by molar-refractivity contribution is 0.0890. The SMILES string of the molecule is CO[C@@H]1CCC[C@@H]1NC(=O)I. The third-order valence-electron chi connectivity index (χ3n) is 2.05. The van der Waals surface area contributed by atoms with Gasteiger partial charge >= 0.3 is 0 Å². The number of hydrogen-bond donors (Lipinski definition) is 1. The minimum Gasteiger partial charge on any atom is -0.379 e. The molecule has 1 amide bonds. The summed E-state index contributed by atoms with van der Waals surface area (Å²) in [7, 11) is 1.70. The van der Waals surface area contributed by atoms with Gasteiger partial charge in [0.1, 0.15) is 0 Å². The lowest BCUT2D eigenvalue weighted by Gasteiger charge is -2.17. The van der Waals surface area contributed by atoms with Crippen molar-refractivity contribution >= 4 is 26.5 Å². The van der Waals surface area contributed by atoms with Crippen molar-refractivity contribution in [3.8, 4) is 0 Å². The molecule has 1 aliphatic rings. The van der Waals surface area contributed by atoms with Crippen molar-refractivity contribution in [1.29, 1.82) is 0 Å². The molecule has 1 N–H and O–H groups in total. The van der Waals surface area contributed by atoms with Crippen molar-refractivity contribution in [3.63, 3.8) is 0 Å². The molecule has 0 aromatic carbocycles. The van der Waals surface area contributed by atoms with E-state index in [1.54, 1.807) is 29.7 Å². The molecule has 0 aliphatic heterocycles. The molecule has 64 valence electrons. The molecule has 3 nitrogen and oxygen atoms in total. The van der Waals surface area contributed by atoms with Crippen LogP contribution in [-0.4, -0.2) is 23.2 Å². The van der Waals surface area contributed by atoms with Crippen LogP contribution in [0.4, 0.5) is 4.79 Å². The Labute approximate surface area is 80.0 Å². The van der Waals surface area contributed by atoms with Crippen LogP contribution < -0.4 is 5.32 Å². The summed E-state index contributed by atoms with van der Waals surface area (Å²) < 4.78 is 5.22. The van der Waals surface area contributed by atoms with Crippen molar-refractivity contribution in [1.82, 2.24) is 5.32 Å². The number of nitrogens with one attached hydrogen (secondary N) is 1. The summed E-state index contributed by atoms with van der Waals surface area (Å²) in [5.74, 6) is 0. The Hall–Kier alpha value is 0.160. The topological polar surface area (TPSA) is 38.3 Å². The van der Waals surface area contributed by atoms with Gasteiger partial charge in [0.25, 0.3) is 3.91 Å². The molecule has 1 aliphatic carbocycles. The van der Waals surface area contributed by atoms with Gasteiger partial charge < -0.3 is 10.1 Å². The van der Waals surface area contributed by atoms with E-state index in [1.807, 2.05) is 0 Å². The molecule has 2 atom stereocenters. The van der Waals surface area contributed by atoms with E-state index in [-0.39, 0.29) is 16.1 Å². The second-order valence-electron chi connectivity index (χ2n) is 2.73. The van der Waals surface area contributed by atoms with Crippen molar-refractivity contribution in [2.75, 3.05) is 7.11 Å². The first kappa shape index (κ1) is 9.25. The Morgan fingerprint density at radius 3 is 2.91 bits per heavy atom. The molecule has 1 rings (SSSR count). The lowest BCUT2D eigenvalue weighted by Crippen LogP contribution is -2.37. The third kappa shape index (κ3) is 2.59. The predicted molar refractivity (Wildman–Crippen MR) is 51.0 cm³/mol. The molecule has 4 heteroatoms. The predicted octanol–water partition coefficient (Wildman–Crippen LogP) is 1.70. The molecular weight excluding hydrogens is 257 g/mol. The van der Waals surface area contributed by atoms with Gasteiger partial charge in [0, 0.05) is 29.7 Å². The number of carbonyl (C=O) groups is 1. The molecule has 0 aromatic heterocycles. The van der Waals surface area contributed by atoms with E-state index in [1.165, 1.54) is 0 Å². The standard InChI is InChI=1S/C7H12INO2/c1-11-6-4-2-3-5(6)9-7(8)10/h5-6H,2-4H2,1H3,(H,9,10)/t5-,6+/m0/s1. The quantitative estimate of drug-likeness (QED) is 0.470. The second-order valence-corrected chi connectivity index (χ2v) is 3.71. The minimum absolute atomic E-state index is 0.0107. The van der Waals surface area contributed by atoms with Crippen LogP contribution in [-0.2, 0) is 4.74 Å². The Balaban J connectivity index is 2.37. The van der Waals surface area contributed by atoms with E-state index in [0.29, 0.717) is 0 Å². The maximum Gasteiger partial charge on any atom is 0.280 e. The molecular formula is C7H12INO2. The third-order valence-corrected chi connectivity index (χ3v) is 2.37. The number of carbonyl (C=O) groups excluding carboxylic acids is 1. The summed E-state index contributed by atoms with van der Waals surface area (Å²) in [6, 6.07) is 0.240. The van der Waals surface area contributed by atoms with Gasteiger partial charge in [-0.2, -0.15) is 0 Å². The van der Waals surface area contributed by atoms with Crippen LogP contribution in [0.25, 0.3) is 0 Å². The van der Waals surface area contributed by atoms with Crippen molar-refractivity contribution in [2.24, 2.45) is 0 Å². The molecule has 0 unspecified atom stereocenters. The summed E-state index contributed by atoms with van der Waals surface area (Å²) >= 11 is 1.75. The number of halogens is 1. The largest absolute Gasteiger partial charge is 0.379 e. The highest BCUT2D eigenvalue weighted by molar-refractivity contribution is 14.1. The highest BCUT2D eigenvalue weighted by atomic mass is 127. The molecule has 0 bridgehead atoms. The molecule has 0 spiro atoms. The first-order valence-corrected chi connectivity index (χ1v) is 4.80. The fourth-order valence-electron chi connectivity index (χ4n) is 1.52. The first-order valence-electron chi connectivity index (χ1n) is 3.73. The van der Waals surface area contributed by atoms with E-state index >= 15 is 0 Å². The van der Waals surface area contributed by atoms with Crippen molar-refractivity contribution in [3.05, 3.63) is 0 Å². The molecule has 1 saturated carbocycles. The van der Waals surface area contributed by atoms with Crippen LogP contribution in [0.15, 0.2) is 0 Å². The Kier molecular flexibility index (Phi) is 3.58. The van der Waals surface area contributed by atoms with Crippen LogP contribution in [0.3, 0.4) is 0 Å². The van der Waals surface area contributed by atoms with Gasteiger partial charge in [0.15, 0.2) is 0 Å². The van der Waals surface area contributed by atoms with E-state index in [9.17, 15) is 4.79 Å². The number of amides is 1. The smallest absolute Gasteiger partial charge is 0.280 e. The Bertz CT molecular complexity index is 151. The molecule has 1 fully saturated rings. The highest BCUT2D eigenvalue weighted by Gasteiger charge is 2.27. The van der Waals surface area contributed by atoms with Gasteiger partial charge in [-0.3, -0.25) is 4.79 Å². The van der Waals surface area contributed by atoms with Gasteiger partial charge in [0.2, 0.25) is 0 Å². The number of hydrogen-bond acceptors (Lipinski definition) is 2. The van der Waals surface area contributed by atoms with E-state index < -0.39 is 0 Å². The summed E-state index contributed by atoms with van der Waals surface area (Å²) in [5, 5.41) is 2.87. The van der Waals surface area contributed by atoms with Crippen molar-refractivity contribution < 1.29 is 9.53 Å². The maximum atomic E-state index is 10.7. The molecule has 0 heterocycles. The van der Waals surface area contributed by atoms with Crippen LogP contribution in [0.5, 0.6) is 0 Å². The van der Waals surface area contributed by atoms with Gasteiger partial charge in [-0.15, -0.1) is 0 Å². The summed E-state index contributed by atoms with van der Waals surface area (Å²) in [4.78, 5) is 10.7. The monoisotopic (exact) mass is 269 g/mol. The lowest BCUT2D eigenvalue weighted by atomic mass is 10.2. The van der Waals surface area contributed by atoms with Gasteiger partial charge in [0.05, 0.1) is 12.1 Å². The Morgan fingerprint density at radius 1 is 1.64 bits per heavy atom. The fourth-order valence-corrected chi connectivity index (χ4v) is 1.92. The van der Waals surface area contributed by atoms with E-state index in [4.69, 9.17) is 4.74 Å². The molecule has 0 aromatic rings. The number of methoxy groups -OCH3 is 1. The second kappa shape index (κ2) is 4.25. The summed E-state index contributed by atoms with van der Waals surface area (Å²) in [6.45, 7) is 0. The van der Waals surface area contributed by atoms with E-state index in [2.05, 4.69) is 5.32 Å². The van der Waals surface area contributed by atoms with Gasteiger partial charge in [-0.1, -0.05) is 0 Å². The average molecular weight is 269 g/mol. The number of rotatable bonds is 2. The Morgan fingerprint density at radius 2 is 2.36 bits per heavy atom. The highest BCUT2D eigenvalue weighted by Crippen LogP contribution is 2.21. The fraction of sp³-hybridized carbons (Fsp3) is 0.857. The number of ether oxygens (including phenoxy) is 1. The molecule has 0 saturated heterocycles. The van der Waals surface area contributed by atoms with Crippen LogP contribution >= 0.6 is 22.6 Å². The maximum absolute atomic E-state index is 10.7. The summed E-state index contributed by atoms with van der Waals surface area (Å²) in [6.07, 6.45) is 3.50. The summed E-state index contributed by atoms with van der Waals surface area (Å²) in [5.41, 5.74) is 0. The van der Waals surface area contributed by atoms with Crippen LogP contribution in [0, 0.1) is 0 Å². The van der Waals surface area contributed by atoms with Crippen LogP contribution in [0.1, 0.15) is 19.3 Å². The normalized spacial score (nSPS) is 30.4. The van der Waals surface area contributed by atoms with E-state index in [0.717, 1.165) is 19.3 Å². The minimum atomic E-state index is 0.0107. The zero-order valence-electron chi connectivity index (χ0n) is 6.47. The van der Waals surface area contributed by atoms with Gasteiger partial charge in [-0.25, -0.2) is 0 Å².